The van der Waals surface area contributed by atoms with Gasteiger partial charge < -0.3 is 15.2 Å². The van der Waals surface area contributed by atoms with E-state index in [0.717, 1.165) is 36.7 Å². The number of hydrogen-bond donors (Lipinski definition) is 2. The molecule has 3 rings (SSSR count). The van der Waals surface area contributed by atoms with Crippen molar-refractivity contribution in [3.63, 3.8) is 0 Å². The first-order chi connectivity index (χ1) is 14.9. The highest BCUT2D eigenvalue weighted by molar-refractivity contribution is 5.97. The lowest BCUT2D eigenvalue weighted by molar-refractivity contribution is -0.124. The van der Waals surface area contributed by atoms with Crippen LogP contribution in [-0.2, 0) is 17.9 Å². The van der Waals surface area contributed by atoms with Crippen molar-refractivity contribution < 1.29 is 9.59 Å². The van der Waals surface area contributed by atoms with E-state index in [0.29, 0.717) is 12.2 Å². The molecule has 32 heavy (non-hydrogen) atoms. The summed E-state index contributed by atoms with van der Waals surface area (Å²) in [6.07, 6.45) is 0. The molecular formula is C25H37N5O2. The van der Waals surface area contributed by atoms with Gasteiger partial charge in [-0.3, -0.25) is 14.5 Å². The highest BCUT2D eigenvalue weighted by atomic mass is 16.2. The molecule has 2 heterocycles. The minimum atomic E-state index is -0.660. The normalized spacial score (nSPS) is 15.7. The van der Waals surface area contributed by atoms with Gasteiger partial charge in [0.25, 0.3) is 5.91 Å². The molecule has 1 aromatic carbocycles. The lowest BCUT2D eigenvalue weighted by atomic mass is 9.86. The lowest BCUT2D eigenvalue weighted by Gasteiger charge is -2.34. The van der Waals surface area contributed by atoms with E-state index in [4.69, 9.17) is 4.98 Å². The summed E-state index contributed by atoms with van der Waals surface area (Å²) in [4.78, 5) is 33.1. The summed E-state index contributed by atoms with van der Waals surface area (Å²) in [5, 5.41) is 5.62. The molecule has 1 aliphatic rings. The maximum atomic E-state index is 13.4. The third kappa shape index (κ3) is 5.38. The highest BCUT2D eigenvalue weighted by Crippen LogP contribution is 2.29. The Morgan fingerprint density at radius 3 is 2.28 bits per heavy atom. The Morgan fingerprint density at radius 2 is 1.72 bits per heavy atom. The number of imidazole rings is 1. The monoisotopic (exact) mass is 439 g/mol. The molecule has 2 aromatic rings. The van der Waals surface area contributed by atoms with Crippen LogP contribution in [0.3, 0.4) is 0 Å². The molecule has 0 spiro atoms. The molecule has 0 aliphatic carbocycles. The summed E-state index contributed by atoms with van der Waals surface area (Å²) in [5.41, 5.74) is 2.01. The molecule has 174 valence electrons. The Bertz CT molecular complexity index is 967. The number of nitrogens with zero attached hydrogens (tertiary/aromatic N) is 3. The topological polar surface area (TPSA) is 79.3 Å². The molecule has 2 N–H and O–H groups in total. The predicted molar refractivity (Wildman–Crippen MR) is 127 cm³/mol. The van der Waals surface area contributed by atoms with Gasteiger partial charge in [-0.05, 0) is 10.8 Å². The van der Waals surface area contributed by atoms with Crippen LogP contribution in [0.1, 0.15) is 57.7 Å². The van der Waals surface area contributed by atoms with Gasteiger partial charge >= 0.3 is 0 Å². The van der Waals surface area contributed by atoms with E-state index in [-0.39, 0.29) is 17.2 Å². The fraction of sp³-hybridized carbons (Fsp3) is 0.560. The third-order valence-corrected chi connectivity index (χ3v) is 5.68. The van der Waals surface area contributed by atoms with E-state index < -0.39 is 11.5 Å². The first kappa shape index (κ1) is 24.0. The first-order valence-corrected chi connectivity index (χ1v) is 11.3. The fourth-order valence-electron chi connectivity index (χ4n) is 4.23. The SMILES string of the molecule is CNC(=O)[C@@H](NC(=O)c1nc(-c2ccccc2)n2c1CN(CC(C)(C)C)CC2)C(C)(C)C. The number of carbonyl (C=O) groups is 2. The average molecular weight is 440 g/mol. The van der Waals surface area contributed by atoms with Crippen LogP contribution in [-0.4, -0.2) is 52.4 Å². The summed E-state index contributed by atoms with van der Waals surface area (Å²) < 4.78 is 2.16. The van der Waals surface area contributed by atoms with Gasteiger partial charge in [-0.25, -0.2) is 4.98 Å². The van der Waals surface area contributed by atoms with E-state index in [1.165, 1.54) is 0 Å². The molecule has 2 amide bonds. The minimum absolute atomic E-state index is 0.156. The van der Waals surface area contributed by atoms with Crippen LogP contribution in [0.15, 0.2) is 30.3 Å². The minimum Gasteiger partial charge on any atom is -0.357 e. The number of amides is 2. The summed E-state index contributed by atoms with van der Waals surface area (Å²) in [6, 6.07) is 9.30. The van der Waals surface area contributed by atoms with E-state index in [2.05, 4.69) is 40.9 Å². The van der Waals surface area contributed by atoms with Crippen LogP contribution in [0.5, 0.6) is 0 Å². The Hall–Kier alpha value is -2.67. The smallest absolute Gasteiger partial charge is 0.272 e. The van der Waals surface area contributed by atoms with Crippen molar-refractivity contribution in [1.29, 1.82) is 0 Å². The second kappa shape index (κ2) is 9.06. The molecular weight excluding hydrogens is 402 g/mol. The molecule has 7 heteroatoms. The number of nitrogens with one attached hydrogen (secondary N) is 2. The van der Waals surface area contributed by atoms with Crippen molar-refractivity contribution in [2.24, 2.45) is 10.8 Å². The average Bonchev–Trinajstić information content (AvgIpc) is 3.09. The zero-order chi connectivity index (χ0) is 23.7. The second-order valence-electron chi connectivity index (χ2n) is 10.9. The van der Waals surface area contributed by atoms with Crippen LogP contribution in [0.4, 0.5) is 0 Å². The number of likely N-dealkylation sites (N-methyl/N-ethyl adjacent to an activating group) is 1. The Labute approximate surface area is 191 Å². The second-order valence-corrected chi connectivity index (χ2v) is 10.9. The van der Waals surface area contributed by atoms with Crippen LogP contribution in [0.2, 0.25) is 0 Å². The number of benzene rings is 1. The third-order valence-electron chi connectivity index (χ3n) is 5.68. The van der Waals surface area contributed by atoms with Gasteiger partial charge in [0.1, 0.15) is 11.9 Å². The number of hydrogen-bond acceptors (Lipinski definition) is 4. The van der Waals surface area contributed by atoms with Crippen molar-refractivity contribution >= 4 is 11.8 Å². The number of fused-ring (bicyclic) bond motifs is 1. The van der Waals surface area contributed by atoms with Gasteiger partial charge in [-0.1, -0.05) is 71.9 Å². The molecule has 1 aromatic heterocycles. The Kier molecular flexibility index (Phi) is 6.79. The van der Waals surface area contributed by atoms with Gasteiger partial charge in [-0.2, -0.15) is 0 Å². The van der Waals surface area contributed by atoms with E-state index in [9.17, 15) is 9.59 Å². The van der Waals surface area contributed by atoms with E-state index in [1.54, 1.807) is 7.05 Å². The van der Waals surface area contributed by atoms with Crippen LogP contribution in [0, 0.1) is 10.8 Å². The standard InChI is InChI=1S/C25H37N5O2/c1-24(2,3)16-29-13-14-30-18(15-29)19(27-21(30)17-11-9-8-10-12-17)22(31)28-20(23(32)26-7)25(4,5)6/h8-12,20H,13-16H2,1-7H3,(H,26,32)(H,28,31)/t20-/m1/s1. The van der Waals surface area contributed by atoms with Crippen molar-refractivity contribution in [3.05, 3.63) is 41.7 Å². The maximum absolute atomic E-state index is 13.4. The zero-order valence-corrected chi connectivity index (χ0v) is 20.5. The van der Waals surface area contributed by atoms with Crippen molar-refractivity contribution in [2.45, 2.75) is 60.7 Å². The number of aromatic nitrogens is 2. The number of rotatable bonds is 5. The molecule has 1 aliphatic heterocycles. The molecule has 7 nitrogen and oxygen atoms in total. The maximum Gasteiger partial charge on any atom is 0.272 e. The molecule has 1 atom stereocenters. The van der Waals surface area contributed by atoms with Crippen LogP contribution >= 0.6 is 0 Å². The van der Waals surface area contributed by atoms with Crippen LogP contribution in [0.25, 0.3) is 11.4 Å². The quantitative estimate of drug-likeness (QED) is 0.749. The van der Waals surface area contributed by atoms with Crippen LogP contribution < -0.4 is 10.6 Å². The molecule has 0 radical (unpaired) electrons. The molecule has 0 saturated carbocycles. The van der Waals surface area contributed by atoms with E-state index >= 15 is 0 Å². The Morgan fingerprint density at radius 1 is 1.06 bits per heavy atom. The van der Waals surface area contributed by atoms with Gasteiger partial charge in [-0.15, -0.1) is 0 Å². The van der Waals surface area contributed by atoms with Crippen molar-refractivity contribution in [3.8, 4) is 11.4 Å². The molecule has 0 unspecified atom stereocenters. The fourth-order valence-corrected chi connectivity index (χ4v) is 4.23. The highest BCUT2D eigenvalue weighted by Gasteiger charge is 2.35. The predicted octanol–water partition coefficient (Wildman–Crippen LogP) is 3.30. The number of carbonyl (C=O) groups excluding carboxylic acids is 2. The summed E-state index contributed by atoms with van der Waals surface area (Å²) in [6.45, 7) is 15.8. The van der Waals surface area contributed by atoms with Crippen molar-refractivity contribution in [1.82, 2.24) is 25.1 Å². The summed E-state index contributed by atoms with van der Waals surface area (Å²) >= 11 is 0. The summed E-state index contributed by atoms with van der Waals surface area (Å²) in [5.74, 6) is 0.280. The van der Waals surface area contributed by atoms with Crippen molar-refractivity contribution in [2.75, 3.05) is 20.1 Å². The molecule has 0 saturated heterocycles. The zero-order valence-electron chi connectivity index (χ0n) is 20.5. The van der Waals surface area contributed by atoms with Gasteiger partial charge in [0, 0.05) is 38.8 Å². The van der Waals surface area contributed by atoms with Gasteiger partial charge in [0.05, 0.1) is 5.69 Å². The largest absolute Gasteiger partial charge is 0.357 e. The van der Waals surface area contributed by atoms with E-state index in [1.807, 2.05) is 51.1 Å². The van der Waals surface area contributed by atoms with Gasteiger partial charge in [0.15, 0.2) is 5.69 Å². The van der Waals surface area contributed by atoms with Gasteiger partial charge in [0.2, 0.25) is 5.91 Å². The summed E-state index contributed by atoms with van der Waals surface area (Å²) in [7, 11) is 1.59. The Balaban J connectivity index is 2.00. The molecule has 0 fully saturated rings. The first-order valence-electron chi connectivity index (χ1n) is 11.3. The lowest BCUT2D eigenvalue weighted by Crippen LogP contribution is -2.53. The molecule has 0 bridgehead atoms.